The van der Waals surface area contributed by atoms with Crippen molar-refractivity contribution >= 4 is 0 Å². The Morgan fingerprint density at radius 2 is 0.790 bits per heavy atom. The molecule has 12 aromatic rings. The fourth-order valence-electron chi connectivity index (χ4n) is 8.81. The molecule has 0 aliphatic heterocycles. The Hall–Kier alpha value is -7.04. The van der Waals surface area contributed by atoms with E-state index in [0.29, 0.717) is 0 Å². The summed E-state index contributed by atoms with van der Waals surface area (Å²) in [6, 6.07) is 95.0. The molecular formula is C73H58Ir4N4-4. The van der Waals surface area contributed by atoms with Crippen LogP contribution < -0.4 is 0 Å². The van der Waals surface area contributed by atoms with Crippen molar-refractivity contribution in [2.45, 2.75) is 34.1 Å². The van der Waals surface area contributed by atoms with Gasteiger partial charge in [0, 0.05) is 116 Å². The minimum absolute atomic E-state index is 0. The molecule has 0 fully saturated rings. The van der Waals surface area contributed by atoms with Crippen molar-refractivity contribution in [1.29, 1.82) is 0 Å². The molecule has 12 rings (SSSR count). The van der Waals surface area contributed by atoms with Gasteiger partial charge in [-0.2, -0.15) is 0 Å². The number of hydrogen-bond acceptors (Lipinski definition) is 4. The van der Waals surface area contributed by atoms with E-state index in [1.165, 1.54) is 61.2 Å². The van der Waals surface area contributed by atoms with Crippen molar-refractivity contribution in [2.75, 3.05) is 0 Å². The molecule has 8 heteroatoms. The molecule has 0 atom stereocenters. The predicted molar refractivity (Wildman–Crippen MR) is 319 cm³/mol. The van der Waals surface area contributed by atoms with Crippen molar-refractivity contribution in [3.8, 4) is 89.5 Å². The zero-order chi connectivity index (χ0) is 53.0. The van der Waals surface area contributed by atoms with Gasteiger partial charge in [0.2, 0.25) is 0 Å². The molecule has 0 saturated heterocycles. The van der Waals surface area contributed by atoms with E-state index in [9.17, 15) is 0 Å². The van der Waals surface area contributed by atoms with E-state index in [1.807, 2.05) is 170 Å². The molecule has 4 nitrogen and oxygen atoms in total. The van der Waals surface area contributed by atoms with Gasteiger partial charge in [0.05, 0.1) is 0 Å². The monoisotopic (exact) mass is 1760 g/mol. The van der Waals surface area contributed by atoms with Crippen LogP contribution in [0.5, 0.6) is 0 Å². The number of aryl methyl sites for hydroxylation is 4. The number of nitrogens with zero attached hydrogens (tertiary/aromatic N) is 4. The molecule has 0 amide bonds. The average Bonchev–Trinajstić information content (AvgIpc) is 3.51. The second kappa shape index (κ2) is 33.6. The average molecular weight is 1760 g/mol. The van der Waals surface area contributed by atoms with Crippen LogP contribution >= 0.6 is 0 Å². The topological polar surface area (TPSA) is 51.6 Å². The third-order valence-electron chi connectivity index (χ3n) is 12.9. The van der Waals surface area contributed by atoms with Gasteiger partial charge in [0.25, 0.3) is 0 Å². The number of aromatic nitrogens is 4. The summed E-state index contributed by atoms with van der Waals surface area (Å²) in [6.45, 7) is 8.47. The minimum atomic E-state index is 0. The van der Waals surface area contributed by atoms with Crippen molar-refractivity contribution in [3.63, 3.8) is 0 Å². The first-order chi connectivity index (χ1) is 37.9. The van der Waals surface area contributed by atoms with Crippen LogP contribution in [0.15, 0.2) is 267 Å². The molecule has 0 bridgehead atoms. The maximum absolute atomic E-state index is 4.60. The Morgan fingerprint density at radius 3 is 1.26 bits per heavy atom. The summed E-state index contributed by atoms with van der Waals surface area (Å²) in [7, 11) is 0. The summed E-state index contributed by atoms with van der Waals surface area (Å²) < 4.78 is 0. The van der Waals surface area contributed by atoms with Gasteiger partial charge in [-0.05, 0) is 89.4 Å². The summed E-state index contributed by atoms with van der Waals surface area (Å²) in [5.74, 6) is 0. The quantitative estimate of drug-likeness (QED) is 0.135. The van der Waals surface area contributed by atoms with Gasteiger partial charge in [0.15, 0.2) is 0 Å². The SMILES string of the molecule is CCc1cc(-c2[c-]cccc2)ncc1-c1ccccc1.Cc1cc(-c2[c-]cccc2)ncc1-c1ccccc1.Cc1cc(-c2ccccc2)cnc1-c1[c-]cccc1.Cc1ccnc(-c2[c-]cc(-c3ccccc3)cc2)c1.[Ir].[Ir].[Ir].[Ir]. The minimum Gasteiger partial charge on any atom is -0.305 e. The van der Waals surface area contributed by atoms with Crippen molar-refractivity contribution in [2.24, 2.45) is 0 Å². The van der Waals surface area contributed by atoms with Crippen LogP contribution in [-0.4, -0.2) is 19.9 Å². The number of hydrogen-bond donors (Lipinski definition) is 0. The fraction of sp³-hybridized carbons (Fsp3) is 0.0685. The van der Waals surface area contributed by atoms with E-state index in [1.54, 1.807) is 0 Å². The maximum Gasteiger partial charge on any atom is 0.0242 e. The van der Waals surface area contributed by atoms with E-state index in [2.05, 4.69) is 169 Å². The summed E-state index contributed by atoms with van der Waals surface area (Å²) in [5, 5.41) is 0. The third kappa shape index (κ3) is 18.2. The van der Waals surface area contributed by atoms with E-state index >= 15 is 0 Å². The van der Waals surface area contributed by atoms with Crippen LogP contribution in [0, 0.1) is 45.0 Å². The maximum atomic E-state index is 4.60. The Labute approximate surface area is 533 Å². The van der Waals surface area contributed by atoms with Crippen LogP contribution in [0.1, 0.15) is 29.2 Å². The van der Waals surface area contributed by atoms with Crippen molar-refractivity contribution < 1.29 is 80.4 Å². The second-order valence-corrected chi connectivity index (χ2v) is 18.4. The van der Waals surface area contributed by atoms with Crippen LogP contribution in [-0.2, 0) is 86.8 Å². The van der Waals surface area contributed by atoms with Gasteiger partial charge in [-0.1, -0.05) is 175 Å². The first kappa shape index (κ1) is 64.8. The Balaban J connectivity index is 0.000000195. The zero-order valence-corrected chi connectivity index (χ0v) is 54.8. The molecule has 0 N–H and O–H groups in total. The zero-order valence-electron chi connectivity index (χ0n) is 45.2. The normalized spacial score (nSPS) is 9.88. The summed E-state index contributed by atoms with van der Waals surface area (Å²) >= 11 is 0. The molecule has 0 spiro atoms. The molecule has 0 aliphatic rings. The Kier molecular flexibility index (Phi) is 26.9. The summed E-state index contributed by atoms with van der Waals surface area (Å²) in [5.41, 5.74) is 22.6. The van der Waals surface area contributed by atoms with Gasteiger partial charge in [-0.25, -0.2) is 0 Å². The van der Waals surface area contributed by atoms with E-state index in [-0.39, 0.29) is 80.4 Å². The van der Waals surface area contributed by atoms with Gasteiger partial charge in [-0.15, -0.1) is 138 Å². The van der Waals surface area contributed by atoms with Crippen LogP contribution in [0.3, 0.4) is 0 Å². The molecule has 4 aromatic heterocycles. The van der Waals surface area contributed by atoms with Gasteiger partial charge < -0.3 is 19.9 Å². The molecule has 0 unspecified atom stereocenters. The predicted octanol–water partition coefficient (Wildman–Crippen LogP) is 18.3. The Bertz CT molecular complexity index is 3600. The van der Waals surface area contributed by atoms with Crippen LogP contribution in [0.2, 0.25) is 0 Å². The van der Waals surface area contributed by atoms with Crippen molar-refractivity contribution in [3.05, 3.63) is 314 Å². The largest absolute Gasteiger partial charge is 0.305 e. The number of rotatable bonds is 9. The molecule has 0 aliphatic carbocycles. The number of pyridine rings is 4. The van der Waals surface area contributed by atoms with E-state index < -0.39 is 0 Å². The fourth-order valence-corrected chi connectivity index (χ4v) is 8.81. The van der Waals surface area contributed by atoms with Gasteiger partial charge in [0.1, 0.15) is 0 Å². The first-order valence-corrected chi connectivity index (χ1v) is 25.9. The summed E-state index contributed by atoms with van der Waals surface area (Å²) in [4.78, 5) is 18.1. The van der Waals surface area contributed by atoms with Gasteiger partial charge in [-0.3, -0.25) is 0 Å². The molecule has 4 heterocycles. The summed E-state index contributed by atoms with van der Waals surface area (Å²) in [6.07, 6.45) is 8.68. The molecule has 0 saturated carbocycles. The third-order valence-corrected chi connectivity index (χ3v) is 12.9. The van der Waals surface area contributed by atoms with Crippen molar-refractivity contribution in [1.82, 2.24) is 19.9 Å². The molecular weight excluding hydrogens is 1700 g/mol. The van der Waals surface area contributed by atoms with Crippen LogP contribution in [0.4, 0.5) is 0 Å². The smallest absolute Gasteiger partial charge is 0.0242 e. The molecule has 4 radical (unpaired) electrons. The molecule has 410 valence electrons. The standard InChI is InChI=1S/C19H16N.3C18H14N.4Ir/c1-2-15-13-19(17-11-7-4-8-12-17)20-14-18(15)16-9-5-3-6-10-16;1-14-12-18(16-10-6-3-7-11-16)19-13-17(14)15-8-4-2-5-9-15;1-14-12-17(15-8-4-2-5-9-15)13-19-18(14)16-10-6-3-7-11-16;1-14-11-12-19-18(13-14)17-9-7-16(8-10-17)15-5-3-2-4-6-15;;;;/h3-11,13-14H,2H2,1H3;2*2-10,12-13H,1H3;2-9,11-13H,1H3;;;;/q4*-1;;;;. The first-order valence-electron chi connectivity index (χ1n) is 25.9. The second-order valence-electron chi connectivity index (χ2n) is 18.4. The number of benzene rings is 8. The van der Waals surface area contributed by atoms with E-state index in [0.717, 1.165) is 57.0 Å². The Morgan fingerprint density at radius 1 is 0.333 bits per heavy atom. The van der Waals surface area contributed by atoms with Gasteiger partial charge >= 0.3 is 0 Å². The van der Waals surface area contributed by atoms with E-state index in [4.69, 9.17) is 0 Å². The molecule has 81 heavy (non-hydrogen) atoms. The molecule has 8 aromatic carbocycles. The van der Waals surface area contributed by atoms with Crippen LogP contribution in [0.25, 0.3) is 89.5 Å².